The maximum atomic E-state index is 12.6. The van der Waals surface area contributed by atoms with Gasteiger partial charge >= 0.3 is 0 Å². The zero-order valence-corrected chi connectivity index (χ0v) is 15.9. The first-order valence-electron chi connectivity index (χ1n) is 8.52. The number of carbonyl (C=O) groups excluding carboxylic acids is 2. The molecule has 2 aromatic rings. The van der Waals surface area contributed by atoms with Gasteiger partial charge in [-0.25, -0.2) is 5.01 Å². The van der Waals surface area contributed by atoms with Gasteiger partial charge in [-0.05, 0) is 29.8 Å². The van der Waals surface area contributed by atoms with Crippen LogP contribution in [0.2, 0.25) is 5.02 Å². The van der Waals surface area contributed by atoms with Gasteiger partial charge in [0.2, 0.25) is 11.8 Å². The number of methoxy groups -OCH3 is 1. The molecule has 0 aliphatic carbocycles. The van der Waals surface area contributed by atoms with Gasteiger partial charge in [0, 0.05) is 36.7 Å². The molecule has 140 valence electrons. The third-order valence-corrected chi connectivity index (χ3v) is 4.63. The molecular formula is C20H20ClN3O3. The molecule has 1 heterocycles. The lowest BCUT2D eigenvalue weighted by atomic mass is 10.0. The lowest BCUT2D eigenvalue weighted by Gasteiger charge is -2.26. The van der Waals surface area contributed by atoms with Gasteiger partial charge in [0.05, 0.1) is 12.8 Å². The molecule has 6 nitrogen and oxygen atoms in total. The maximum Gasteiger partial charge on any atom is 0.248 e. The predicted octanol–water partition coefficient (Wildman–Crippen LogP) is 3.34. The average Bonchev–Trinajstić information content (AvgIpc) is 2.69. The van der Waals surface area contributed by atoms with Crippen molar-refractivity contribution in [2.24, 2.45) is 5.10 Å². The molecule has 2 amide bonds. The molecule has 1 aliphatic rings. The van der Waals surface area contributed by atoms with E-state index in [2.05, 4.69) is 5.10 Å². The summed E-state index contributed by atoms with van der Waals surface area (Å²) in [5, 5.41) is 6.28. The van der Waals surface area contributed by atoms with E-state index in [1.165, 1.54) is 9.91 Å². The second-order valence-corrected chi connectivity index (χ2v) is 6.60. The zero-order chi connectivity index (χ0) is 19.4. The average molecular weight is 386 g/mol. The van der Waals surface area contributed by atoms with Crippen molar-refractivity contribution in [1.82, 2.24) is 5.01 Å². The van der Waals surface area contributed by atoms with Crippen LogP contribution in [0.4, 0.5) is 5.69 Å². The molecule has 3 rings (SSSR count). The fraction of sp³-hybridized carbons (Fsp3) is 0.250. The third kappa shape index (κ3) is 4.46. The van der Waals surface area contributed by atoms with Crippen molar-refractivity contribution in [2.45, 2.75) is 12.8 Å². The molecular weight excluding hydrogens is 366 g/mol. The summed E-state index contributed by atoms with van der Waals surface area (Å²) >= 11 is 5.92. The molecule has 7 heteroatoms. The summed E-state index contributed by atoms with van der Waals surface area (Å²) < 4.78 is 5.19. The second-order valence-electron chi connectivity index (χ2n) is 6.16. The smallest absolute Gasteiger partial charge is 0.248 e. The highest BCUT2D eigenvalue weighted by atomic mass is 35.5. The van der Waals surface area contributed by atoms with E-state index in [4.69, 9.17) is 16.3 Å². The van der Waals surface area contributed by atoms with Crippen molar-refractivity contribution in [1.29, 1.82) is 0 Å². The van der Waals surface area contributed by atoms with Gasteiger partial charge in [0.15, 0.2) is 0 Å². The number of hydrazone groups is 1. The summed E-state index contributed by atoms with van der Waals surface area (Å²) in [5.74, 6) is 0.252. The predicted molar refractivity (Wildman–Crippen MR) is 105 cm³/mol. The van der Waals surface area contributed by atoms with Crippen molar-refractivity contribution in [3.8, 4) is 5.75 Å². The van der Waals surface area contributed by atoms with Crippen molar-refractivity contribution in [3.05, 3.63) is 59.1 Å². The zero-order valence-electron chi connectivity index (χ0n) is 15.2. The highest BCUT2D eigenvalue weighted by molar-refractivity contribution is 6.30. The molecule has 0 radical (unpaired) electrons. The van der Waals surface area contributed by atoms with Gasteiger partial charge < -0.3 is 9.64 Å². The van der Waals surface area contributed by atoms with Gasteiger partial charge in [-0.3, -0.25) is 9.59 Å². The van der Waals surface area contributed by atoms with Crippen LogP contribution in [0.15, 0.2) is 53.6 Å². The molecule has 27 heavy (non-hydrogen) atoms. The summed E-state index contributed by atoms with van der Waals surface area (Å²) in [6.07, 6.45) is 0.856. The van der Waals surface area contributed by atoms with Crippen LogP contribution < -0.4 is 9.64 Å². The molecule has 0 spiro atoms. The van der Waals surface area contributed by atoms with Crippen LogP contribution >= 0.6 is 11.6 Å². The van der Waals surface area contributed by atoms with E-state index in [9.17, 15) is 9.59 Å². The van der Waals surface area contributed by atoms with Crippen LogP contribution in [0, 0.1) is 0 Å². The van der Waals surface area contributed by atoms with E-state index in [0.717, 1.165) is 11.3 Å². The minimum atomic E-state index is -0.238. The van der Waals surface area contributed by atoms with Crippen LogP contribution in [0.3, 0.4) is 0 Å². The number of benzene rings is 2. The molecule has 0 unspecified atom stereocenters. The van der Waals surface area contributed by atoms with Crippen LogP contribution in [0.1, 0.15) is 18.4 Å². The van der Waals surface area contributed by atoms with Crippen LogP contribution in [0.25, 0.3) is 0 Å². The number of rotatable bonds is 5. The first-order valence-corrected chi connectivity index (χ1v) is 8.90. The number of nitrogens with zero attached hydrogens (tertiary/aromatic N) is 3. The van der Waals surface area contributed by atoms with Gasteiger partial charge in [-0.2, -0.15) is 5.10 Å². The Balaban J connectivity index is 1.75. The monoisotopic (exact) mass is 385 g/mol. The minimum absolute atomic E-state index is 0.121. The lowest BCUT2D eigenvalue weighted by molar-refractivity contribution is -0.135. The minimum Gasteiger partial charge on any atom is -0.497 e. The van der Waals surface area contributed by atoms with Gasteiger partial charge in [-0.1, -0.05) is 29.8 Å². The van der Waals surface area contributed by atoms with Crippen LogP contribution in [-0.4, -0.2) is 43.2 Å². The largest absolute Gasteiger partial charge is 0.497 e. The van der Waals surface area contributed by atoms with Crippen LogP contribution in [0.5, 0.6) is 5.75 Å². The molecule has 1 aliphatic heterocycles. The topological polar surface area (TPSA) is 62.2 Å². The lowest BCUT2D eigenvalue weighted by Crippen LogP contribution is -2.41. The molecule has 0 N–H and O–H groups in total. The van der Waals surface area contributed by atoms with E-state index in [0.29, 0.717) is 29.3 Å². The highest BCUT2D eigenvalue weighted by Gasteiger charge is 2.25. The number of ether oxygens (including phenoxy) is 1. The summed E-state index contributed by atoms with van der Waals surface area (Å²) in [6, 6.07) is 14.5. The standard InChI is InChI=1S/C20H20ClN3O3/c1-23(16-4-3-5-17(12-16)27-2)20(26)13-24-19(25)11-10-18(22-24)14-6-8-15(21)9-7-14/h3-9,12H,10-11,13H2,1-2H3. The highest BCUT2D eigenvalue weighted by Crippen LogP contribution is 2.21. The van der Waals surface area contributed by atoms with Gasteiger partial charge in [0.25, 0.3) is 0 Å². The fourth-order valence-corrected chi connectivity index (χ4v) is 2.90. The summed E-state index contributed by atoms with van der Waals surface area (Å²) in [5.41, 5.74) is 2.35. The van der Waals surface area contributed by atoms with Crippen molar-refractivity contribution < 1.29 is 14.3 Å². The Labute approximate surface area is 163 Å². The van der Waals surface area contributed by atoms with E-state index < -0.39 is 0 Å². The first-order chi connectivity index (χ1) is 13.0. The summed E-state index contributed by atoms with van der Waals surface area (Å²) in [7, 11) is 3.23. The molecule has 0 bridgehead atoms. The Morgan fingerprint density at radius 2 is 1.96 bits per heavy atom. The van der Waals surface area contributed by atoms with Crippen molar-refractivity contribution >= 4 is 34.8 Å². The Bertz CT molecular complexity index is 880. The molecule has 0 atom stereocenters. The quantitative estimate of drug-likeness (QED) is 0.793. The molecule has 0 saturated heterocycles. The van der Waals surface area contributed by atoms with E-state index >= 15 is 0 Å². The molecule has 0 saturated carbocycles. The molecule has 0 aromatic heterocycles. The van der Waals surface area contributed by atoms with Gasteiger partial charge in [-0.15, -0.1) is 0 Å². The van der Waals surface area contributed by atoms with Crippen LogP contribution in [-0.2, 0) is 9.59 Å². The second kappa shape index (κ2) is 8.22. The number of likely N-dealkylation sites (N-methyl/N-ethyl adjacent to an activating group) is 1. The summed E-state index contributed by atoms with van der Waals surface area (Å²) in [6.45, 7) is -0.121. The Kier molecular flexibility index (Phi) is 5.76. The van der Waals surface area contributed by atoms with Crippen molar-refractivity contribution in [2.75, 3.05) is 25.6 Å². The first kappa shape index (κ1) is 18.9. The molecule has 2 aromatic carbocycles. The number of hydrogen-bond acceptors (Lipinski definition) is 4. The Morgan fingerprint density at radius 3 is 2.67 bits per heavy atom. The fourth-order valence-electron chi connectivity index (χ4n) is 2.77. The van der Waals surface area contributed by atoms with E-state index in [-0.39, 0.29) is 18.4 Å². The number of halogens is 1. The number of hydrogen-bond donors (Lipinski definition) is 0. The SMILES string of the molecule is COc1cccc(N(C)C(=O)CN2N=C(c3ccc(Cl)cc3)CCC2=O)c1. The summed E-state index contributed by atoms with van der Waals surface area (Å²) in [4.78, 5) is 26.4. The molecule has 0 fully saturated rings. The Hall–Kier alpha value is -2.86. The van der Waals surface area contributed by atoms with E-state index in [1.807, 2.05) is 12.1 Å². The van der Waals surface area contributed by atoms with Crippen molar-refractivity contribution in [3.63, 3.8) is 0 Å². The normalized spacial score (nSPS) is 14.0. The maximum absolute atomic E-state index is 12.6. The number of anilines is 1. The van der Waals surface area contributed by atoms with E-state index in [1.54, 1.807) is 50.6 Å². The third-order valence-electron chi connectivity index (χ3n) is 4.38. The number of amides is 2. The Morgan fingerprint density at radius 1 is 1.22 bits per heavy atom. The van der Waals surface area contributed by atoms with Gasteiger partial charge in [0.1, 0.15) is 12.3 Å². The number of carbonyl (C=O) groups is 2.